The highest BCUT2D eigenvalue weighted by Gasteiger charge is 2.52. The van der Waals surface area contributed by atoms with E-state index in [4.69, 9.17) is 0 Å². The number of carbonyl (C=O) groups is 1. The average Bonchev–Trinajstić information content (AvgIpc) is 3.24. The van der Waals surface area contributed by atoms with Crippen molar-refractivity contribution in [3.8, 4) is 0 Å². The number of aliphatic hydroxyl groups is 1. The summed E-state index contributed by atoms with van der Waals surface area (Å²) in [6.45, 7) is 1.72. The Kier molecular flexibility index (Phi) is 3.71. The van der Waals surface area contributed by atoms with Crippen molar-refractivity contribution in [2.75, 3.05) is 26.7 Å². The highest BCUT2D eigenvalue weighted by Crippen LogP contribution is 2.44. The number of nitrogens with zero attached hydrogens (tertiary/aromatic N) is 2. The smallest absolute Gasteiger partial charge is 0.236 e. The third kappa shape index (κ3) is 3.09. The number of rotatable bonds is 5. The van der Waals surface area contributed by atoms with Gasteiger partial charge in [0.2, 0.25) is 5.91 Å². The van der Waals surface area contributed by atoms with Crippen LogP contribution < -0.4 is 0 Å². The number of β-amino-alcohol motifs (C(OH)–C–C–N with tert-alkyl or cyclic N) is 1. The molecular weight excluding hydrogens is 271 g/mol. The minimum absolute atomic E-state index is 0.0453. The largest absolute Gasteiger partial charge is 0.387 e. The van der Waals surface area contributed by atoms with Gasteiger partial charge in [-0.2, -0.15) is 0 Å². The molecule has 21 heavy (non-hydrogen) atoms. The van der Waals surface area contributed by atoms with Crippen LogP contribution in [0.25, 0.3) is 0 Å². The Morgan fingerprint density at radius 2 is 2.10 bits per heavy atom. The van der Waals surface area contributed by atoms with Crippen LogP contribution in [0.5, 0.6) is 0 Å². The molecule has 1 aromatic carbocycles. The first-order valence-electron chi connectivity index (χ1n) is 7.40. The Bertz CT molecular complexity index is 539. The van der Waals surface area contributed by atoms with Crippen molar-refractivity contribution in [1.82, 2.24) is 9.80 Å². The van der Waals surface area contributed by atoms with Gasteiger partial charge in [0.25, 0.3) is 0 Å². The van der Waals surface area contributed by atoms with Crippen molar-refractivity contribution in [2.24, 2.45) is 5.92 Å². The monoisotopic (exact) mass is 292 g/mol. The van der Waals surface area contributed by atoms with Gasteiger partial charge in [0.05, 0.1) is 12.1 Å². The molecule has 2 aliphatic rings. The molecule has 3 rings (SSSR count). The van der Waals surface area contributed by atoms with Crippen LogP contribution >= 0.6 is 0 Å². The van der Waals surface area contributed by atoms with Crippen LogP contribution in [-0.2, 0) is 11.3 Å². The first-order chi connectivity index (χ1) is 9.98. The maximum absolute atomic E-state index is 13.6. The van der Waals surface area contributed by atoms with Crippen LogP contribution in [0.4, 0.5) is 4.39 Å². The Morgan fingerprint density at radius 3 is 2.71 bits per heavy atom. The molecule has 114 valence electrons. The van der Waals surface area contributed by atoms with Gasteiger partial charge in [0.1, 0.15) is 5.82 Å². The number of hydrogen-bond donors (Lipinski definition) is 1. The van der Waals surface area contributed by atoms with Crippen LogP contribution in [0.1, 0.15) is 18.4 Å². The molecule has 1 aliphatic carbocycles. The number of halogens is 1. The van der Waals surface area contributed by atoms with E-state index in [1.807, 2.05) is 4.90 Å². The van der Waals surface area contributed by atoms with Gasteiger partial charge in [-0.25, -0.2) is 4.39 Å². The molecule has 1 amide bonds. The third-order valence-electron chi connectivity index (χ3n) is 4.48. The summed E-state index contributed by atoms with van der Waals surface area (Å²) in [6, 6.07) is 6.49. The van der Waals surface area contributed by atoms with E-state index in [1.165, 1.54) is 11.0 Å². The van der Waals surface area contributed by atoms with Gasteiger partial charge in [0, 0.05) is 32.2 Å². The topological polar surface area (TPSA) is 43.8 Å². The summed E-state index contributed by atoms with van der Waals surface area (Å²) in [5, 5.41) is 10.2. The highest BCUT2D eigenvalue weighted by molar-refractivity contribution is 5.78. The van der Waals surface area contributed by atoms with Crippen molar-refractivity contribution in [2.45, 2.75) is 25.0 Å². The molecule has 0 bridgehead atoms. The molecular formula is C16H21FN2O2. The average molecular weight is 292 g/mol. The molecule has 4 nitrogen and oxygen atoms in total. The third-order valence-corrected chi connectivity index (χ3v) is 4.48. The molecule has 0 unspecified atom stereocenters. The maximum Gasteiger partial charge on any atom is 0.236 e. The molecule has 1 aromatic rings. The minimum atomic E-state index is -0.565. The Hall–Kier alpha value is -1.46. The number of carbonyl (C=O) groups excluding carboxylic acids is 1. The van der Waals surface area contributed by atoms with Crippen molar-refractivity contribution < 1.29 is 14.3 Å². The number of likely N-dealkylation sites (tertiary alicyclic amines) is 1. The van der Waals surface area contributed by atoms with Crippen molar-refractivity contribution >= 4 is 5.91 Å². The van der Waals surface area contributed by atoms with Gasteiger partial charge in [-0.1, -0.05) is 18.2 Å². The van der Waals surface area contributed by atoms with E-state index in [-0.39, 0.29) is 18.3 Å². The summed E-state index contributed by atoms with van der Waals surface area (Å²) in [5.74, 6) is 0.0975. The summed E-state index contributed by atoms with van der Waals surface area (Å²) < 4.78 is 13.6. The van der Waals surface area contributed by atoms with Crippen LogP contribution in [0.3, 0.4) is 0 Å². The van der Waals surface area contributed by atoms with Crippen LogP contribution in [0, 0.1) is 11.7 Å². The van der Waals surface area contributed by atoms with Gasteiger partial charge in [-0.05, 0) is 24.8 Å². The van der Waals surface area contributed by atoms with Crippen molar-refractivity contribution in [3.63, 3.8) is 0 Å². The summed E-state index contributed by atoms with van der Waals surface area (Å²) in [5.41, 5.74) is -0.0452. The second kappa shape index (κ2) is 5.39. The normalized spacial score (nSPS) is 20.9. The second-order valence-electron chi connectivity index (χ2n) is 6.36. The molecule has 1 N–H and O–H groups in total. The first-order valence-corrected chi connectivity index (χ1v) is 7.40. The lowest BCUT2D eigenvalue weighted by Crippen LogP contribution is -2.64. The quantitative estimate of drug-likeness (QED) is 0.888. The molecule has 1 aliphatic heterocycles. The molecule has 1 heterocycles. The van der Waals surface area contributed by atoms with E-state index in [0.717, 1.165) is 12.8 Å². The van der Waals surface area contributed by atoms with Gasteiger partial charge < -0.3 is 10.0 Å². The molecule has 0 radical (unpaired) electrons. The lowest BCUT2D eigenvalue weighted by Gasteiger charge is -2.47. The van der Waals surface area contributed by atoms with Crippen molar-refractivity contribution in [3.05, 3.63) is 35.6 Å². The minimum Gasteiger partial charge on any atom is -0.387 e. The van der Waals surface area contributed by atoms with E-state index >= 15 is 0 Å². The Labute approximate surface area is 124 Å². The molecule has 1 saturated heterocycles. The van der Waals surface area contributed by atoms with Crippen LogP contribution in [0.15, 0.2) is 24.3 Å². The number of hydrogen-bond acceptors (Lipinski definition) is 3. The number of amides is 1. The second-order valence-corrected chi connectivity index (χ2v) is 6.36. The lowest BCUT2D eigenvalue weighted by atomic mass is 9.89. The van der Waals surface area contributed by atoms with E-state index in [1.54, 1.807) is 25.2 Å². The number of likely N-dealkylation sites (N-methyl/N-ethyl adjacent to an activating group) is 1. The maximum atomic E-state index is 13.6. The molecule has 5 heteroatoms. The molecule has 2 fully saturated rings. The van der Waals surface area contributed by atoms with Gasteiger partial charge in [-0.3, -0.25) is 9.69 Å². The summed E-state index contributed by atoms with van der Waals surface area (Å²) in [7, 11) is 1.68. The Morgan fingerprint density at radius 1 is 1.43 bits per heavy atom. The molecule has 1 saturated carbocycles. The van der Waals surface area contributed by atoms with Gasteiger partial charge in [0.15, 0.2) is 0 Å². The fourth-order valence-electron chi connectivity index (χ4n) is 3.00. The van der Waals surface area contributed by atoms with E-state index in [0.29, 0.717) is 31.1 Å². The fraction of sp³-hybridized carbons (Fsp3) is 0.562. The van der Waals surface area contributed by atoms with E-state index < -0.39 is 5.60 Å². The zero-order valence-electron chi connectivity index (χ0n) is 12.3. The SMILES string of the molecule is CN(Cc1ccccc1F)C(=O)CN1CC(O)(C2CC2)C1. The van der Waals surface area contributed by atoms with E-state index in [9.17, 15) is 14.3 Å². The van der Waals surface area contributed by atoms with Gasteiger partial charge in [-0.15, -0.1) is 0 Å². The summed E-state index contributed by atoms with van der Waals surface area (Å²) in [6.07, 6.45) is 2.21. The lowest BCUT2D eigenvalue weighted by molar-refractivity contribution is -0.144. The zero-order valence-corrected chi connectivity index (χ0v) is 12.3. The van der Waals surface area contributed by atoms with Crippen LogP contribution in [0.2, 0.25) is 0 Å². The van der Waals surface area contributed by atoms with E-state index in [2.05, 4.69) is 0 Å². The summed E-state index contributed by atoms with van der Waals surface area (Å²) >= 11 is 0. The standard InChI is InChI=1S/C16H21FN2O2/c1-18(8-12-4-2-3-5-14(12)17)15(20)9-19-10-16(21,11-19)13-6-7-13/h2-5,13,21H,6-11H2,1H3. The number of benzene rings is 1. The predicted octanol–water partition coefficient (Wildman–Crippen LogP) is 1.24. The molecule has 0 atom stereocenters. The zero-order chi connectivity index (χ0) is 15.0. The van der Waals surface area contributed by atoms with Crippen molar-refractivity contribution in [1.29, 1.82) is 0 Å². The molecule has 0 aromatic heterocycles. The van der Waals surface area contributed by atoms with Crippen LogP contribution in [-0.4, -0.2) is 53.1 Å². The molecule has 0 spiro atoms. The highest BCUT2D eigenvalue weighted by atomic mass is 19.1. The summed E-state index contributed by atoms with van der Waals surface area (Å²) in [4.78, 5) is 15.6. The predicted molar refractivity (Wildman–Crippen MR) is 77.0 cm³/mol. The first kappa shape index (κ1) is 14.5. The fourth-order valence-corrected chi connectivity index (χ4v) is 3.00. The van der Waals surface area contributed by atoms with Gasteiger partial charge >= 0.3 is 0 Å². The Balaban J connectivity index is 1.48.